The van der Waals surface area contributed by atoms with E-state index in [4.69, 9.17) is 15.2 Å². The lowest BCUT2D eigenvalue weighted by atomic mass is 10.6. The average molecular weight is 146 g/mol. The van der Waals surface area contributed by atoms with E-state index < -0.39 is 0 Å². The predicted octanol–water partition coefficient (Wildman–Crippen LogP) is -0.364. The highest BCUT2D eigenvalue weighted by molar-refractivity contribution is 5.81. The number of hydrogen-bond acceptors (Lipinski definition) is 3. The van der Waals surface area contributed by atoms with E-state index in [-0.39, 0.29) is 0 Å². The van der Waals surface area contributed by atoms with Crippen molar-refractivity contribution in [2.45, 2.75) is 0 Å². The average Bonchev–Trinajstić information content (AvgIpc) is 1.89. The van der Waals surface area contributed by atoms with E-state index in [1.807, 2.05) is 0 Å². The molecule has 0 bridgehead atoms. The third-order valence-corrected chi connectivity index (χ3v) is 0.903. The monoisotopic (exact) mass is 146 g/mol. The molecule has 0 aromatic carbocycles. The van der Waals surface area contributed by atoms with Crippen molar-refractivity contribution in [3.05, 3.63) is 0 Å². The minimum Gasteiger partial charge on any atom is -0.386 e. The van der Waals surface area contributed by atoms with Crippen LogP contribution in [0.15, 0.2) is 4.99 Å². The summed E-state index contributed by atoms with van der Waals surface area (Å²) in [5.74, 6) is 0.513. The molecule has 0 radical (unpaired) electrons. The third kappa shape index (κ3) is 5.53. The Kier molecular flexibility index (Phi) is 6.11. The Labute approximate surface area is 61.0 Å². The van der Waals surface area contributed by atoms with Gasteiger partial charge in [-0.1, -0.05) is 0 Å². The van der Waals surface area contributed by atoms with Gasteiger partial charge in [-0.25, -0.2) is 0 Å². The van der Waals surface area contributed by atoms with Crippen molar-refractivity contribution in [3.8, 4) is 0 Å². The van der Waals surface area contributed by atoms with Crippen molar-refractivity contribution in [1.29, 1.82) is 0 Å². The number of amidine groups is 1. The zero-order valence-corrected chi connectivity index (χ0v) is 6.46. The van der Waals surface area contributed by atoms with Gasteiger partial charge in [-0.15, -0.1) is 0 Å². The normalized spacial score (nSPS) is 12.0. The summed E-state index contributed by atoms with van der Waals surface area (Å²) in [7, 11) is 3.21. The molecule has 0 atom stereocenters. The molecule has 4 heteroatoms. The van der Waals surface area contributed by atoms with Gasteiger partial charge < -0.3 is 15.2 Å². The van der Waals surface area contributed by atoms with Gasteiger partial charge in [0.15, 0.2) is 0 Å². The summed E-state index contributed by atoms with van der Waals surface area (Å²) < 4.78 is 9.50. The van der Waals surface area contributed by atoms with Gasteiger partial charge in [0.25, 0.3) is 0 Å². The van der Waals surface area contributed by atoms with Gasteiger partial charge in [-0.2, -0.15) is 0 Å². The molecule has 0 saturated heterocycles. The van der Waals surface area contributed by atoms with Gasteiger partial charge in [0, 0.05) is 14.2 Å². The van der Waals surface area contributed by atoms with E-state index in [9.17, 15) is 0 Å². The molecule has 60 valence electrons. The zero-order chi connectivity index (χ0) is 7.82. The predicted molar refractivity (Wildman–Crippen MR) is 40.2 cm³/mol. The van der Waals surface area contributed by atoms with E-state index >= 15 is 0 Å². The lowest BCUT2D eigenvalue weighted by molar-refractivity contribution is 0.207. The van der Waals surface area contributed by atoms with Crippen molar-refractivity contribution in [3.63, 3.8) is 0 Å². The number of hydrogen-bond donors (Lipinski definition) is 1. The molecule has 0 aliphatic heterocycles. The molecule has 4 nitrogen and oxygen atoms in total. The zero-order valence-electron chi connectivity index (χ0n) is 6.46. The van der Waals surface area contributed by atoms with Crippen LogP contribution in [0.4, 0.5) is 0 Å². The van der Waals surface area contributed by atoms with E-state index in [1.54, 1.807) is 14.2 Å². The first-order chi connectivity index (χ1) is 4.81. The summed E-state index contributed by atoms with van der Waals surface area (Å²) in [6.45, 7) is 1.60. The molecule has 0 fully saturated rings. The highest BCUT2D eigenvalue weighted by Gasteiger charge is 1.87. The largest absolute Gasteiger partial charge is 0.386 e. The SMILES string of the molecule is COCCN=C(N)COC. The standard InChI is InChI=1S/C6H14N2O2/c1-9-4-3-8-6(7)5-10-2/h3-5H2,1-2H3,(H2,7,8). The molecule has 0 amide bonds. The van der Waals surface area contributed by atoms with E-state index in [0.29, 0.717) is 25.6 Å². The smallest absolute Gasteiger partial charge is 0.120 e. The fourth-order valence-corrected chi connectivity index (χ4v) is 0.474. The number of methoxy groups -OCH3 is 2. The van der Waals surface area contributed by atoms with Crippen LogP contribution in [0, 0.1) is 0 Å². The fraction of sp³-hybridized carbons (Fsp3) is 0.833. The topological polar surface area (TPSA) is 56.8 Å². The van der Waals surface area contributed by atoms with Crippen LogP contribution in [0.1, 0.15) is 0 Å². The summed E-state index contributed by atoms with van der Waals surface area (Å²) in [6.07, 6.45) is 0. The summed E-state index contributed by atoms with van der Waals surface area (Å²) in [5, 5.41) is 0. The molecule has 0 aliphatic rings. The van der Waals surface area contributed by atoms with Crippen molar-refractivity contribution < 1.29 is 9.47 Å². The highest BCUT2D eigenvalue weighted by atomic mass is 16.5. The van der Waals surface area contributed by atoms with Crippen LogP contribution < -0.4 is 5.73 Å². The van der Waals surface area contributed by atoms with Gasteiger partial charge in [0.1, 0.15) is 12.4 Å². The van der Waals surface area contributed by atoms with Crippen LogP contribution in [-0.2, 0) is 9.47 Å². The molecule has 10 heavy (non-hydrogen) atoms. The molecular formula is C6H14N2O2. The Morgan fingerprint density at radius 1 is 1.40 bits per heavy atom. The summed E-state index contributed by atoms with van der Waals surface area (Å²) in [5.41, 5.74) is 5.39. The first-order valence-electron chi connectivity index (χ1n) is 3.08. The minimum absolute atomic E-state index is 0.393. The van der Waals surface area contributed by atoms with Crippen LogP contribution in [0.3, 0.4) is 0 Å². The Morgan fingerprint density at radius 3 is 2.60 bits per heavy atom. The second-order valence-electron chi connectivity index (χ2n) is 1.80. The number of nitrogens with zero attached hydrogens (tertiary/aromatic N) is 1. The summed E-state index contributed by atoms with van der Waals surface area (Å²) in [4.78, 5) is 3.95. The summed E-state index contributed by atoms with van der Waals surface area (Å²) >= 11 is 0. The van der Waals surface area contributed by atoms with Crippen LogP contribution in [0.2, 0.25) is 0 Å². The van der Waals surface area contributed by atoms with Gasteiger partial charge in [0.05, 0.1) is 13.2 Å². The van der Waals surface area contributed by atoms with Gasteiger partial charge in [-0.3, -0.25) is 4.99 Å². The van der Waals surface area contributed by atoms with E-state index in [1.165, 1.54) is 0 Å². The van der Waals surface area contributed by atoms with Crippen LogP contribution in [-0.4, -0.2) is 39.8 Å². The Hall–Kier alpha value is -0.610. The van der Waals surface area contributed by atoms with Crippen molar-refractivity contribution in [1.82, 2.24) is 0 Å². The van der Waals surface area contributed by atoms with Crippen molar-refractivity contribution >= 4 is 5.84 Å². The number of ether oxygens (including phenoxy) is 2. The lowest BCUT2D eigenvalue weighted by Gasteiger charge is -1.97. The van der Waals surface area contributed by atoms with Crippen molar-refractivity contribution in [2.75, 3.05) is 34.0 Å². The molecule has 0 aliphatic carbocycles. The number of aliphatic imine (C=N–C) groups is 1. The van der Waals surface area contributed by atoms with E-state index in [2.05, 4.69) is 4.99 Å². The molecule has 0 aromatic heterocycles. The molecule has 0 spiro atoms. The Balaban J connectivity index is 3.28. The van der Waals surface area contributed by atoms with Gasteiger partial charge in [-0.05, 0) is 0 Å². The van der Waals surface area contributed by atoms with E-state index in [0.717, 1.165) is 0 Å². The fourth-order valence-electron chi connectivity index (χ4n) is 0.474. The maximum atomic E-state index is 5.39. The van der Waals surface area contributed by atoms with Crippen molar-refractivity contribution in [2.24, 2.45) is 10.7 Å². The number of rotatable bonds is 5. The maximum Gasteiger partial charge on any atom is 0.120 e. The molecule has 0 heterocycles. The molecular weight excluding hydrogens is 132 g/mol. The Bertz CT molecular complexity index is 104. The minimum atomic E-state index is 0.393. The molecule has 2 N–H and O–H groups in total. The van der Waals surface area contributed by atoms with Crippen LogP contribution in [0.5, 0.6) is 0 Å². The first kappa shape index (κ1) is 9.39. The second kappa shape index (κ2) is 6.51. The molecule has 0 unspecified atom stereocenters. The van der Waals surface area contributed by atoms with Gasteiger partial charge >= 0.3 is 0 Å². The van der Waals surface area contributed by atoms with Crippen LogP contribution in [0.25, 0.3) is 0 Å². The van der Waals surface area contributed by atoms with Crippen LogP contribution >= 0.6 is 0 Å². The highest BCUT2D eigenvalue weighted by Crippen LogP contribution is 1.74. The molecule has 0 aromatic rings. The second-order valence-corrected chi connectivity index (χ2v) is 1.80. The number of nitrogens with two attached hydrogens (primary N) is 1. The molecule has 0 rings (SSSR count). The quantitative estimate of drug-likeness (QED) is 0.327. The maximum absolute atomic E-state index is 5.39. The summed E-state index contributed by atoms with van der Waals surface area (Å²) in [6, 6.07) is 0. The lowest BCUT2D eigenvalue weighted by Crippen LogP contribution is -2.19. The first-order valence-corrected chi connectivity index (χ1v) is 3.08. The third-order valence-electron chi connectivity index (χ3n) is 0.903. The van der Waals surface area contributed by atoms with Gasteiger partial charge in [0.2, 0.25) is 0 Å². The Morgan fingerprint density at radius 2 is 2.10 bits per heavy atom. The molecule has 0 saturated carbocycles.